The molecule has 94 valence electrons. The van der Waals surface area contributed by atoms with E-state index in [0.29, 0.717) is 12.4 Å². The first-order valence-corrected chi connectivity index (χ1v) is 5.75. The fourth-order valence-electron chi connectivity index (χ4n) is 1.66. The summed E-state index contributed by atoms with van der Waals surface area (Å²) in [7, 11) is 1.59. The van der Waals surface area contributed by atoms with Crippen LogP contribution >= 0.6 is 0 Å². The monoisotopic (exact) mass is 244 g/mol. The average molecular weight is 244 g/mol. The zero-order valence-electron chi connectivity index (χ0n) is 10.3. The van der Waals surface area contributed by atoms with Gasteiger partial charge in [-0.1, -0.05) is 24.3 Å². The Morgan fingerprint density at radius 3 is 2.72 bits per heavy atom. The summed E-state index contributed by atoms with van der Waals surface area (Å²) in [5.74, 6) is 0.606. The van der Waals surface area contributed by atoms with Crippen molar-refractivity contribution in [3.05, 3.63) is 53.7 Å². The predicted molar refractivity (Wildman–Crippen MR) is 70.5 cm³/mol. The molecule has 0 bridgehead atoms. The third-order valence-electron chi connectivity index (χ3n) is 2.68. The number of aliphatic hydroxyl groups excluding tert-OH is 1. The summed E-state index contributed by atoms with van der Waals surface area (Å²) in [6, 6.07) is 11.5. The van der Waals surface area contributed by atoms with Crippen molar-refractivity contribution in [1.29, 1.82) is 0 Å². The molecular formula is C14H16N2O2. The standard InChI is InChI=1S/C14H16N2O2/c1-18-14-7-6-11(9-16-14)8-15-13-5-3-2-4-12(13)10-17/h2-7,9,15,17H,8,10H2,1H3. The van der Waals surface area contributed by atoms with E-state index in [2.05, 4.69) is 10.3 Å². The molecule has 4 nitrogen and oxygen atoms in total. The average Bonchev–Trinajstić information content (AvgIpc) is 2.46. The lowest BCUT2D eigenvalue weighted by atomic mass is 10.2. The number of hydrogen-bond acceptors (Lipinski definition) is 4. The summed E-state index contributed by atoms with van der Waals surface area (Å²) in [6.07, 6.45) is 1.77. The van der Waals surface area contributed by atoms with Crippen molar-refractivity contribution >= 4 is 5.69 Å². The minimum atomic E-state index is 0.0318. The molecule has 0 spiro atoms. The highest BCUT2D eigenvalue weighted by atomic mass is 16.5. The van der Waals surface area contributed by atoms with Gasteiger partial charge in [0.2, 0.25) is 5.88 Å². The molecule has 0 atom stereocenters. The Balaban J connectivity index is 2.02. The first kappa shape index (κ1) is 12.4. The maximum absolute atomic E-state index is 9.22. The quantitative estimate of drug-likeness (QED) is 0.846. The molecule has 1 aromatic heterocycles. The molecule has 0 fully saturated rings. The molecule has 2 rings (SSSR count). The molecule has 1 heterocycles. The Labute approximate surface area is 106 Å². The largest absolute Gasteiger partial charge is 0.481 e. The fourth-order valence-corrected chi connectivity index (χ4v) is 1.66. The minimum absolute atomic E-state index is 0.0318. The number of anilines is 1. The number of rotatable bonds is 5. The van der Waals surface area contributed by atoms with Crippen LogP contribution in [0.3, 0.4) is 0 Å². The molecule has 4 heteroatoms. The molecule has 0 saturated heterocycles. The van der Waals surface area contributed by atoms with Crippen molar-refractivity contribution in [2.45, 2.75) is 13.2 Å². The number of hydrogen-bond donors (Lipinski definition) is 2. The van der Waals surface area contributed by atoms with Gasteiger partial charge in [0.25, 0.3) is 0 Å². The Morgan fingerprint density at radius 1 is 1.22 bits per heavy atom. The van der Waals surface area contributed by atoms with Gasteiger partial charge in [-0.05, 0) is 11.6 Å². The van der Waals surface area contributed by atoms with E-state index in [1.807, 2.05) is 36.4 Å². The predicted octanol–water partition coefficient (Wildman–Crippen LogP) is 2.19. The van der Waals surface area contributed by atoms with E-state index in [1.54, 1.807) is 13.3 Å². The summed E-state index contributed by atoms with van der Waals surface area (Å²) in [5, 5.41) is 12.5. The van der Waals surface area contributed by atoms with E-state index < -0.39 is 0 Å². The Hall–Kier alpha value is -2.07. The summed E-state index contributed by atoms with van der Waals surface area (Å²) < 4.78 is 5.00. The van der Waals surface area contributed by atoms with Crippen molar-refractivity contribution in [2.24, 2.45) is 0 Å². The van der Waals surface area contributed by atoms with E-state index in [1.165, 1.54) is 0 Å². The lowest BCUT2D eigenvalue weighted by Crippen LogP contribution is -2.02. The summed E-state index contributed by atoms with van der Waals surface area (Å²) in [5.41, 5.74) is 2.89. The van der Waals surface area contributed by atoms with Crippen LogP contribution in [-0.4, -0.2) is 17.2 Å². The minimum Gasteiger partial charge on any atom is -0.481 e. The molecule has 2 N–H and O–H groups in total. The summed E-state index contributed by atoms with van der Waals surface area (Å²) >= 11 is 0. The first-order chi connectivity index (χ1) is 8.83. The van der Waals surface area contributed by atoms with E-state index in [-0.39, 0.29) is 6.61 Å². The van der Waals surface area contributed by atoms with Crippen molar-refractivity contribution in [3.8, 4) is 5.88 Å². The van der Waals surface area contributed by atoms with Crippen LogP contribution in [0.15, 0.2) is 42.6 Å². The lowest BCUT2D eigenvalue weighted by Gasteiger charge is -2.10. The second kappa shape index (κ2) is 6.02. The number of benzene rings is 1. The molecule has 0 aliphatic carbocycles. The molecule has 1 aromatic carbocycles. The number of methoxy groups -OCH3 is 1. The third kappa shape index (κ3) is 2.99. The zero-order valence-corrected chi connectivity index (χ0v) is 10.3. The maximum Gasteiger partial charge on any atom is 0.212 e. The van der Waals surface area contributed by atoms with Gasteiger partial charge in [0.1, 0.15) is 0 Å². The van der Waals surface area contributed by atoms with Gasteiger partial charge in [-0.15, -0.1) is 0 Å². The van der Waals surface area contributed by atoms with Crippen LogP contribution in [0.1, 0.15) is 11.1 Å². The summed E-state index contributed by atoms with van der Waals surface area (Å²) in [4.78, 5) is 4.14. The molecular weight excluding hydrogens is 228 g/mol. The highest BCUT2D eigenvalue weighted by molar-refractivity contribution is 5.51. The molecule has 0 amide bonds. The number of aromatic nitrogens is 1. The van der Waals surface area contributed by atoms with Crippen molar-refractivity contribution in [1.82, 2.24) is 4.98 Å². The van der Waals surface area contributed by atoms with E-state index in [9.17, 15) is 5.11 Å². The van der Waals surface area contributed by atoms with Crippen LogP contribution < -0.4 is 10.1 Å². The van der Waals surface area contributed by atoms with Gasteiger partial charge in [0, 0.05) is 30.1 Å². The number of aliphatic hydroxyl groups is 1. The van der Waals surface area contributed by atoms with Crippen LogP contribution in [0.25, 0.3) is 0 Å². The third-order valence-corrected chi connectivity index (χ3v) is 2.68. The van der Waals surface area contributed by atoms with E-state index >= 15 is 0 Å². The molecule has 2 aromatic rings. The molecule has 18 heavy (non-hydrogen) atoms. The number of nitrogens with zero attached hydrogens (tertiary/aromatic N) is 1. The second-order valence-electron chi connectivity index (χ2n) is 3.88. The summed E-state index contributed by atoms with van der Waals surface area (Å²) in [6.45, 7) is 0.693. The van der Waals surface area contributed by atoms with E-state index in [4.69, 9.17) is 4.74 Å². The van der Waals surface area contributed by atoms with Crippen LogP contribution in [0.5, 0.6) is 5.88 Å². The van der Waals surface area contributed by atoms with Gasteiger partial charge >= 0.3 is 0 Å². The van der Waals surface area contributed by atoms with Gasteiger partial charge in [-0.25, -0.2) is 4.98 Å². The fraction of sp³-hybridized carbons (Fsp3) is 0.214. The van der Waals surface area contributed by atoms with Gasteiger partial charge in [0.05, 0.1) is 13.7 Å². The van der Waals surface area contributed by atoms with Crippen LogP contribution in [0.4, 0.5) is 5.69 Å². The number of para-hydroxylation sites is 1. The molecule has 0 radical (unpaired) electrons. The lowest BCUT2D eigenvalue weighted by molar-refractivity contribution is 0.282. The Bertz CT molecular complexity index is 497. The van der Waals surface area contributed by atoms with Gasteiger partial charge in [0.15, 0.2) is 0 Å². The van der Waals surface area contributed by atoms with E-state index in [0.717, 1.165) is 16.8 Å². The second-order valence-corrected chi connectivity index (χ2v) is 3.88. The highest BCUT2D eigenvalue weighted by Gasteiger charge is 2.00. The smallest absolute Gasteiger partial charge is 0.212 e. The maximum atomic E-state index is 9.22. The molecule has 0 unspecified atom stereocenters. The Kier molecular flexibility index (Phi) is 4.15. The van der Waals surface area contributed by atoms with Crippen molar-refractivity contribution in [3.63, 3.8) is 0 Å². The first-order valence-electron chi connectivity index (χ1n) is 5.75. The Morgan fingerprint density at radius 2 is 2.06 bits per heavy atom. The number of nitrogens with one attached hydrogen (secondary N) is 1. The van der Waals surface area contributed by atoms with Gasteiger partial charge < -0.3 is 15.2 Å². The van der Waals surface area contributed by atoms with Crippen LogP contribution in [-0.2, 0) is 13.2 Å². The molecule has 0 aliphatic heterocycles. The zero-order chi connectivity index (χ0) is 12.8. The SMILES string of the molecule is COc1ccc(CNc2ccccc2CO)cn1. The normalized spacial score (nSPS) is 10.1. The van der Waals surface area contributed by atoms with Gasteiger partial charge in [-0.3, -0.25) is 0 Å². The molecule has 0 aliphatic rings. The topological polar surface area (TPSA) is 54.4 Å². The van der Waals surface area contributed by atoms with Crippen LogP contribution in [0.2, 0.25) is 0 Å². The molecule has 0 saturated carbocycles. The number of ether oxygens (including phenoxy) is 1. The number of pyridine rings is 1. The highest BCUT2D eigenvalue weighted by Crippen LogP contribution is 2.16. The van der Waals surface area contributed by atoms with Gasteiger partial charge in [-0.2, -0.15) is 0 Å². The van der Waals surface area contributed by atoms with Crippen molar-refractivity contribution in [2.75, 3.05) is 12.4 Å². The van der Waals surface area contributed by atoms with Crippen LogP contribution in [0, 0.1) is 0 Å². The van der Waals surface area contributed by atoms with Crippen molar-refractivity contribution < 1.29 is 9.84 Å².